The van der Waals surface area contributed by atoms with Crippen molar-refractivity contribution in [3.63, 3.8) is 0 Å². The Hall–Kier alpha value is -1.14. The molecule has 0 atom stereocenters. The van der Waals surface area contributed by atoms with Crippen LogP contribution in [0.2, 0.25) is 0 Å². The Morgan fingerprint density at radius 3 is 2.05 bits per heavy atom. The zero-order chi connectivity index (χ0) is 15.8. The van der Waals surface area contributed by atoms with E-state index in [1.165, 1.54) is 0 Å². The van der Waals surface area contributed by atoms with Crippen LogP contribution >= 0.6 is 0 Å². The van der Waals surface area contributed by atoms with Gasteiger partial charge in [0.05, 0.1) is 6.54 Å². The van der Waals surface area contributed by atoms with Gasteiger partial charge in [0, 0.05) is 39.3 Å². The Kier molecular flexibility index (Phi) is 7.67. The number of piperazine rings is 1. The third-order valence-corrected chi connectivity index (χ3v) is 3.38. The maximum Gasteiger partial charge on any atom is 0.321 e. The highest BCUT2D eigenvalue weighted by Gasteiger charge is 2.20. The summed E-state index contributed by atoms with van der Waals surface area (Å²) < 4.78 is 0. The molecule has 0 bridgehead atoms. The molecule has 1 heterocycles. The van der Waals surface area contributed by atoms with Crippen LogP contribution in [0.3, 0.4) is 0 Å². The monoisotopic (exact) mass is 298 g/mol. The molecule has 1 aliphatic rings. The number of hydrogen-bond acceptors (Lipinski definition) is 4. The highest BCUT2D eigenvalue weighted by Crippen LogP contribution is 2.04. The summed E-state index contributed by atoms with van der Waals surface area (Å²) in [5.74, 6) is 0.818. The lowest BCUT2D eigenvalue weighted by Gasteiger charge is -2.35. The fraction of sp³-hybridized carbons (Fsp3) is 0.867. The molecule has 0 spiro atoms. The van der Waals surface area contributed by atoms with Crippen molar-refractivity contribution in [2.24, 2.45) is 11.8 Å². The number of rotatable bonds is 6. The van der Waals surface area contributed by atoms with Crippen molar-refractivity contribution in [2.45, 2.75) is 27.7 Å². The van der Waals surface area contributed by atoms with Gasteiger partial charge < -0.3 is 10.2 Å². The molecule has 3 amide bonds. The van der Waals surface area contributed by atoms with Crippen LogP contribution in [0.15, 0.2) is 0 Å². The minimum atomic E-state index is -0.396. The van der Waals surface area contributed by atoms with E-state index in [9.17, 15) is 9.59 Å². The van der Waals surface area contributed by atoms with Gasteiger partial charge in [-0.15, -0.1) is 0 Å². The van der Waals surface area contributed by atoms with Crippen LogP contribution in [0.4, 0.5) is 4.79 Å². The van der Waals surface area contributed by atoms with Crippen molar-refractivity contribution >= 4 is 11.9 Å². The number of nitrogens with one attached hydrogen (secondary N) is 2. The number of carbonyl (C=O) groups is 2. The van der Waals surface area contributed by atoms with Crippen molar-refractivity contribution in [1.82, 2.24) is 20.4 Å². The average Bonchev–Trinajstić information content (AvgIpc) is 2.38. The average molecular weight is 298 g/mol. The Morgan fingerprint density at radius 2 is 1.52 bits per heavy atom. The standard InChI is InChI=1S/C15H30N4O2/c1-12(2)9-16-15(21)17-14(20)11-19-7-5-18(6-8-19)10-13(3)4/h12-13H,5-11H2,1-4H3,(H2,16,17,20,21). The molecular formula is C15H30N4O2. The summed E-state index contributed by atoms with van der Waals surface area (Å²) in [6.07, 6.45) is 0. The number of amides is 3. The van der Waals surface area contributed by atoms with Gasteiger partial charge in [-0.1, -0.05) is 27.7 Å². The predicted octanol–water partition coefficient (Wildman–Crippen LogP) is 0.742. The second-order valence-corrected chi connectivity index (χ2v) is 6.62. The van der Waals surface area contributed by atoms with Gasteiger partial charge in [-0.05, 0) is 11.8 Å². The second-order valence-electron chi connectivity index (χ2n) is 6.62. The van der Waals surface area contributed by atoms with E-state index < -0.39 is 6.03 Å². The maximum atomic E-state index is 11.8. The molecule has 2 N–H and O–H groups in total. The molecule has 1 rings (SSSR count). The van der Waals surface area contributed by atoms with Crippen molar-refractivity contribution in [2.75, 3.05) is 45.8 Å². The number of nitrogens with zero attached hydrogens (tertiary/aromatic N) is 2. The fourth-order valence-corrected chi connectivity index (χ4v) is 2.36. The molecule has 0 unspecified atom stereocenters. The summed E-state index contributed by atoms with van der Waals surface area (Å²) in [4.78, 5) is 27.8. The molecule has 1 saturated heterocycles. The topological polar surface area (TPSA) is 64.7 Å². The Balaban J connectivity index is 2.19. The van der Waals surface area contributed by atoms with Gasteiger partial charge in [-0.25, -0.2) is 4.79 Å². The van der Waals surface area contributed by atoms with Crippen LogP contribution in [0.25, 0.3) is 0 Å². The molecule has 0 aliphatic carbocycles. The first-order chi connectivity index (χ1) is 9.86. The quantitative estimate of drug-likeness (QED) is 0.759. The van der Waals surface area contributed by atoms with Crippen molar-refractivity contribution in [1.29, 1.82) is 0 Å². The van der Waals surface area contributed by atoms with Crippen molar-refractivity contribution in [3.8, 4) is 0 Å². The molecule has 6 heteroatoms. The van der Waals surface area contributed by atoms with E-state index in [0.717, 1.165) is 32.7 Å². The normalized spacial score (nSPS) is 17.2. The van der Waals surface area contributed by atoms with E-state index >= 15 is 0 Å². The molecule has 0 aromatic rings. The molecule has 0 radical (unpaired) electrons. The molecule has 1 fully saturated rings. The summed E-state index contributed by atoms with van der Waals surface area (Å²) in [5.41, 5.74) is 0. The van der Waals surface area contributed by atoms with E-state index in [1.54, 1.807) is 0 Å². The Morgan fingerprint density at radius 1 is 0.952 bits per heavy atom. The summed E-state index contributed by atoms with van der Waals surface area (Å²) in [5, 5.41) is 5.06. The minimum Gasteiger partial charge on any atom is -0.338 e. The number of imide groups is 1. The van der Waals surface area contributed by atoms with Gasteiger partial charge in [-0.3, -0.25) is 15.0 Å². The first-order valence-electron chi connectivity index (χ1n) is 7.89. The summed E-state index contributed by atoms with van der Waals surface area (Å²) in [6, 6.07) is -0.396. The Bertz CT molecular complexity index is 337. The Labute approximate surface area is 128 Å². The van der Waals surface area contributed by atoms with Gasteiger partial charge in [0.15, 0.2) is 0 Å². The fourth-order valence-electron chi connectivity index (χ4n) is 2.36. The molecule has 122 valence electrons. The smallest absolute Gasteiger partial charge is 0.321 e. The number of urea groups is 1. The molecular weight excluding hydrogens is 268 g/mol. The first-order valence-corrected chi connectivity index (χ1v) is 7.89. The lowest BCUT2D eigenvalue weighted by atomic mass is 10.2. The molecule has 21 heavy (non-hydrogen) atoms. The maximum absolute atomic E-state index is 11.8. The molecule has 1 aliphatic heterocycles. The third-order valence-electron chi connectivity index (χ3n) is 3.38. The number of carbonyl (C=O) groups excluding carboxylic acids is 2. The molecule has 0 saturated carbocycles. The zero-order valence-corrected chi connectivity index (χ0v) is 13.8. The summed E-state index contributed by atoms with van der Waals surface area (Å²) in [7, 11) is 0. The first kappa shape index (κ1) is 17.9. The van der Waals surface area contributed by atoms with Gasteiger partial charge >= 0.3 is 6.03 Å². The molecule has 6 nitrogen and oxygen atoms in total. The van der Waals surface area contributed by atoms with E-state index in [1.807, 2.05) is 13.8 Å². The van der Waals surface area contributed by atoms with Crippen LogP contribution in [0.1, 0.15) is 27.7 Å². The lowest BCUT2D eigenvalue weighted by Crippen LogP contribution is -2.51. The van der Waals surface area contributed by atoms with E-state index in [2.05, 4.69) is 34.3 Å². The zero-order valence-electron chi connectivity index (χ0n) is 13.8. The SMILES string of the molecule is CC(C)CNC(=O)NC(=O)CN1CCN(CC(C)C)CC1. The van der Waals surface area contributed by atoms with Crippen molar-refractivity contribution in [3.05, 3.63) is 0 Å². The summed E-state index contributed by atoms with van der Waals surface area (Å²) in [6.45, 7) is 14.2. The van der Waals surface area contributed by atoms with Crippen LogP contribution in [-0.4, -0.2) is 67.6 Å². The second kappa shape index (κ2) is 9.00. The third kappa shape index (κ3) is 8.02. The van der Waals surface area contributed by atoms with E-state index in [0.29, 0.717) is 24.9 Å². The molecule has 0 aromatic carbocycles. The van der Waals surface area contributed by atoms with E-state index in [4.69, 9.17) is 0 Å². The van der Waals surface area contributed by atoms with Crippen molar-refractivity contribution < 1.29 is 9.59 Å². The van der Waals surface area contributed by atoms with Crippen LogP contribution < -0.4 is 10.6 Å². The largest absolute Gasteiger partial charge is 0.338 e. The predicted molar refractivity (Wildman–Crippen MR) is 84.1 cm³/mol. The van der Waals surface area contributed by atoms with Crippen LogP contribution in [0.5, 0.6) is 0 Å². The van der Waals surface area contributed by atoms with Gasteiger partial charge in [0.1, 0.15) is 0 Å². The summed E-state index contributed by atoms with van der Waals surface area (Å²) >= 11 is 0. The van der Waals surface area contributed by atoms with Crippen LogP contribution in [0, 0.1) is 11.8 Å². The lowest BCUT2D eigenvalue weighted by molar-refractivity contribution is -0.121. The highest BCUT2D eigenvalue weighted by molar-refractivity contribution is 5.95. The van der Waals surface area contributed by atoms with E-state index in [-0.39, 0.29) is 5.91 Å². The van der Waals surface area contributed by atoms with Gasteiger partial charge in [0.2, 0.25) is 5.91 Å². The molecule has 0 aromatic heterocycles. The number of hydrogen-bond donors (Lipinski definition) is 2. The van der Waals surface area contributed by atoms with Gasteiger partial charge in [0.25, 0.3) is 0 Å². The van der Waals surface area contributed by atoms with Gasteiger partial charge in [-0.2, -0.15) is 0 Å². The minimum absolute atomic E-state index is 0.228. The highest BCUT2D eigenvalue weighted by atomic mass is 16.2. The van der Waals surface area contributed by atoms with Crippen LogP contribution in [-0.2, 0) is 4.79 Å².